The van der Waals surface area contributed by atoms with Crippen molar-refractivity contribution in [3.05, 3.63) is 34.3 Å². The largest absolute Gasteiger partial charge is 0.364 e. The molecule has 0 aromatic heterocycles. The Morgan fingerprint density at radius 2 is 2.00 bits per heavy atom. The molecule has 0 saturated heterocycles. The minimum Gasteiger partial charge on any atom is -0.364 e. The third-order valence-electron chi connectivity index (χ3n) is 2.23. The lowest BCUT2D eigenvalue weighted by atomic mass is 9.98. The van der Waals surface area contributed by atoms with Crippen LogP contribution in [0.4, 0.5) is 8.78 Å². The van der Waals surface area contributed by atoms with E-state index in [2.05, 4.69) is 31.9 Å². The highest BCUT2D eigenvalue weighted by Gasteiger charge is 2.29. The zero-order valence-electron chi connectivity index (χ0n) is 8.72. The van der Waals surface area contributed by atoms with Crippen molar-refractivity contribution < 1.29 is 13.5 Å². The number of hydrogen-bond donors (Lipinski definition) is 0. The van der Waals surface area contributed by atoms with Crippen LogP contribution in [-0.4, -0.2) is 18.4 Å². The lowest BCUT2D eigenvalue weighted by molar-refractivity contribution is -0.0706. The van der Waals surface area contributed by atoms with Crippen LogP contribution in [0, 0.1) is 0 Å². The Kier molecular flexibility index (Phi) is 5.34. The quantitative estimate of drug-likeness (QED) is 0.712. The molecule has 0 amide bonds. The van der Waals surface area contributed by atoms with E-state index < -0.39 is 18.6 Å². The standard InChI is InChI=1S/C11H12Br2F2O/c1-11(7-12,16-6-10(14)15)8-4-2-3-5-9(8)13/h2-5,10H,6-7H2,1H3. The third-order valence-corrected chi connectivity index (χ3v) is 3.99. The van der Waals surface area contributed by atoms with E-state index in [0.717, 1.165) is 10.0 Å². The highest BCUT2D eigenvalue weighted by atomic mass is 79.9. The molecule has 5 heteroatoms. The Balaban J connectivity index is 2.91. The van der Waals surface area contributed by atoms with Gasteiger partial charge in [-0.05, 0) is 18.6 Å². The fourth-order valence-corrected chi connectivity index (χ4v) is 2.49. The Bertz CT molecular complexity index is 347. The van der Waals surface area contributed by atoms with Gasteiger partial charge in [-0.1, -0.05) is 50.1 Å². The smallest absolute Gasteiger partial charge is 0.261 e. The molecule has 1 nitrogen and oxygen atoms in total. The van der Waals surface area contributed by atoms with Gasteiger partial charge in [0.25, 0.3) is 6.43 Å². The second kappa shape index (κ2) is 6.07. The second-order valence-electron chi connectivity index (χ2n) is 3.55. The molecule has 1 atom stereocenters. The van der Waals surface area contributed by atoms with Crippen molar-refractivity contribution in [3.63, 3.8) is 0 Å². The molecule has 0 N–H and O–H groups in total. The van der Waals surface area contributed by atoms with Crippen LogP contribution in [0.25, 0.3) is 0 Å². The Morgan fingerprint density at radius 3 is 2.50 bits per heavy atom. The summed E-state index contributed by atoms with van der Waals surface area (Å²) in [5.74, 6) is 0. The normalized spacial score (nSPS) is 15.1. The SMILES string of the molecule is CC(CBr)(OCC(F)F)c1ccccc1Br. The maximum Gasteiger partial charge on any atom is 0.261 e. The van der Waals surface area contributed by atoms with E-state index in [1.807, 2.05) is 24.3 Å². The number of hydrogen-bond acceptors (Lipinski definition) is 1. The summed E-state index contributed by atoms with van der Waals surface area (Å²) in [6.45, 7) is 1.22. The van der Waals surface area contributed by atoms with E-state index in [1.54, 1.807) is 6.92 Å². The maximum atomic E-state index is 12.2. The molecule has 1 aromatic carbocycles. The number of benzene rings is 1. The number of ether oxygens (including phenoxy) is 1. The van der Waals surface area contributed by atoms with Crippen LogP contribution in [0.15, 0.2) is 28.7 Å². The van der Waals surface area contributed by atoms with Gasteiger partial charge in [0.05, 0.1) is 0 Å². The monoisotopic (exact) mass is 356 g/mol. The van der Waals surface area contributed by atoms with Gasteiger partial charge in [-0.15, -0.1) is 0 Å². The van der Waals surface area contributed by atoms with Gasteiger partial charge in [0, 0.05) is 9.80 Å². The van der Waals surface area contributed by atoms with E-state index >= 15 is 0 Å². The Labute approximate surface area is 110 Å². The predicted octanol–water partition coefficient (Wildman–Crippen LogP) is 4.34. The lowest BCUT2D eigenvalue weighted by Crippen LogP contribution is -2.30. The van der Waals surface area contributed by atoms with Gasteiger partial charge in [-0.2, -0.15) is 0 Å². The first-order chi connectivity index (χ1) is 7.49. The number of rotatable bonds is 5. The molecule has 0 aliphatic carbocycles. The molecule has 0 heterocycles. The van der Waals surface area contributed by atoms with Crippen molar-refractivity contribution in [2.75, 3.05) is 11.9 Å². The zero-order chi connectivity index (χ0) is 12.2. The molecule has 0 fully saturated rings. The van der Waals surface area contributed by atoms with E-state index in [0.29, 0.717) is 5.33 Å². The molecule has 90 valence electrons. The van der Waals surface area contributed by atoms with Crippen molar-refractivity contribution in [3.8, 4) is 0 Å². The van der Waals surface area contributed by atoms with Crippen LogP contribution in [0.3, 0.4) is 0 Å². The Hall–Kier alpha value is -0.0000000000000000555. The summed E-state index contributed by atoms with van der Waals surface area (Å²) in [5.41, 5.74) is 0.101. The first-order valence-corrected chi connectivity index (χ1v) is 6.64. The highest BCUT2D eigenvalue weighted by Crippen LogP contribution is 2.33. The third kappa shape index (κ3) is 3.50. The topological polar surface area (TPSA) is 9.23 Å². The molecule has 0 bridgehead atoms. The predicted molar refractivity (Wildman–Crippen MR) is 67.2 cm³/mol. The lowest BCUT2D eigenvalue weighted by Gasteiger charge is -2.29. The van der Waals surface area contributed by atoms with Gasteiger partial charge in [-0.25, -0.2) is 8.78 Å². The minimum atomic E-state index is -2.46. The van der Waals surface area contributed by atoms with Crippen molar-refractivity contribution in [2.45, 2.75) is 19.0 Å². The molecule has 0 aliphatic heterocycles. The average molecular weight is 358 g/mol. The van der Waals surface area contributed by atoms with E-state index in [-0.39, 0.29) is 0 Å². The van der Waals surface area contributed by atoms with Crippen molar-refractivity contribution >= 4 is 31.9 Å². The molecule has 0 spiro atoms. The van der Waals surface area contributed by atoms with E-state index in [1.165, 1.54) is 0 Å². The van der Waals surface area contributed by atoms with Gasteiger partial charge in [0.2, 0.25) is 0 Å². The first kappa shape index (κ1) is 14.1. The second-order valence-corrected chi connectivity index (χ2v) is 4.96. The molecular weight excluding hydrogens is 346 g/mol. The van der Waals surface area contributed by atoms with Crippen LogP contribution in [-0.2, 0) is 10.3 Å². The maximum absolute atomic E-state index is 12.2. The molecule has 1 rings (SSSR count). The van der Waals surface area contributed by atoms with Crippen molar-refractivity contribution in [1.29, 1.82) is 0 Å². The minimum absolute atomic E-state index is 0.454. The van der Waals surface area contributed by atoms with E-state index in [9.17, 15) is 8.78 Å². The highest BCUT2D eigenvalue weighted by molar-refractivity contribution is 9.10. The first-order valence-electron chi connectivity index (χ1n) is 4.72. The van der Waals surface area contributed by atoms with Gasteiger partial charge in [0.15, 0.2) is 0 Å². The summed E-state index contributed by atoms with van der Waals surface area (Å²) >= 11 is 6.69. The summed E-state index contributed by atoms with van der Waals surface area (Å²) in [4.78, 5) is 0. The molecule has 0 radical (unpaired) electrons. The van der Waals surface area contributed by atoms with Gasteiger partial charge < -0.3 is 4.74 Å². The summed E-state index contributed by atoms with van der Waals surface area (Å²) in [5, 5.41) is 0.454. The Morgan fingerprint density at radius 1 is 1.38 bits per heavy atom. The molecule has 1 unspecified atom stereocenters. The summed E-state index contributed by atoms with van der Waals surface area (Å²) < 4.78 is 30.5. The van der Waals surface area contributed by atoms with Gasteiger partial charge in [0.1, 0.15) is 12.2 Å². The summed E-state index contributed by atoms with van der Waals surface area (Å²) in [6, 6.07) is 7.45. The summed E-state index contributed by atoms with van der Waals surface area (Å²) in [6.07, 6.45) is -2.46. The fraction of sp³-hybridized carbons (Fsp3) is 0.455. The van der Waals surface area contributed by atoms with Crippen molar-refractivity contribution in [1.82, 2.24) is 0 Å². The van der Waals surface area contributed by atoms with Crippen LogP contribution in [0.1, 0.15) is 12.5 Å². The van der Waals surface area contributed by atoms with E-state index in [4.69, 9.17) is 4.74 Å². The molecule has 0 saturated carbocycles. The zero-order valence-corrected chi connectivity index (χ0v) is 11.9. The van der Waals surface area contributed by atoms with Crippen molar-refractivity contribution in [2.24, 2.45) is 0 Å². The molecule has 16 heavy (non-hydrogen) atoms. The van der Waals surface area contributed by atoms with Crippen LogP contribution in [0.5, 0.6) is 0 Å². The van der Waals surface area contributed by atoms with Gasteiger partial charge >= 0.3 is 0 Å². The van der Waals surface area contributed by atoms with Gasteiger partial charge in [-0.3, -0.25) is 0 Å². The number of halogens is 4. The summed E-state index contributed by atoms with van der Waals surface area (Å²) in [7, 11) is 0. The van der Waals surface area contributed by atoms with Crippen LogP contribution < -0.4 is 0 Å². The average Bonchev–Trinajstić information content (AvgIpc) is 2.26. The fourth-order valence-electron chi connectivity index (χ4n) is 1.33. The van der Waals surface area contributed by atoms with Crippen LogP contribution >= 0.6 is 31.9 Å². The van der Waals surface area contributed by atoms with Crippen LogP contribution in [0.2, 0.25) is 0 Å². The molecular formula is C11H12Br2F2O. The number of alkyl halides is 3. The molecule has 1 aromatic rings. The molecule has 0 aliphatic rings.